The number of halogens is 1. The van der Waals surface area contributed by atoms with Crippen LogP contribution in [-0.2, 0) is 4.79 Å². The highest BCUT2D eigenvalue weighted by atomic mass is 79.9. The number of esters is 1. The third-order valence-electron chi connectivity index (χ3n) is 1.87. The number of allylic oxidation sites excluding steroid dienone is 1. The number of hydrogen-bond donors (Lipinski definition) is 0. The van der Waals surface area contributed by atoms with E-state index in [0.717, 1.165) is 10.0 Å². The average molecular weight is 268 g/mol. The van der Waals surface area contributed by atoms with Crippen molar-refractivity contribution in [2.24, 2.45) is 0 Å². The fourth-order valence-corrected chi connectivity index (χ4v) is 1.65. The van der Waals surface area contributed by atoms with E-state index < -0.39 is 0 Å². The van der Waals surface area contributed by atoms with Gasteiger partial charge >= 0.3 is 5.97 Å². The van der Waals surface area contributed by atoms with Crippen molar-refractivity contribution in [1.82, 2.24) is 0 Å². The van der Waals surface area contributed by atoms with Crippen molar-refractivity contribution in [1.29, 1.82) is 0 Å². The molecule has 1 aromatic rings. The van der Waals surface area contributed by atoms with Gasteiger partial charge in [0.1, 0.15) is 5.75 Å². The van der Waals surface area contributed by atoms with E-state index in [0.29, 0.717) is 5.75 Å². The van der Waals surface area contributed by atoms with Gasteiger partial charge in [-0.1, -0.05) is 22.0 Å². The van der Waals surface area contributed by atoms with Crippen LogP contribution >= 0.6 is 15.9 Å². The average Bonchev–Trinajstić information content (AvgIpc) is 2.14. The number of carbonyl (C=O) groups excluding carboxylic acids is 1. The predicted molar refractivity (Wildman–Crippen MR) is 63.7 cm³/mol. The quantitative estimate of drug-likeness (QED) is 0.476. The molecule has 1 rings (SSSR count). The van der Waals surface area contributed by atoms with Gasteiger partial charge in [-0.2, -0.15) is 0 Å². The van der Waals surface area contributed by atoms with E-state index in [9.17, 15) is 4.79 Å². The largest absolute Gasteiger partial charge is 0.427 e. The van der Waals surface area contributed by atoms with Crippen molar-refractivity contribution in [3.63, 3.8) is 0 Å². The highest BCUT2D eigenvalue weighted by Crippen LogP contribution is 2.26. The van der Waals surface area contributed by atoms with E-state index in [1.807, 2.05) is 6.07 Å². The minimum atomic E-state index is -0.335. The first kappa shape index (κ1) is 12.0. The lowest BCUT2D eigenvalue weighted by atomic mass is 10.0. The van der Waals surface area contributed by atoms with Crippen molar-refractivity contribution in [3.8, 4) is 5.75 Å². The highest BCUT2D eigenvalue weighted by Gasteiger charge is 2.06. The summed E-state index contributed by atoms with van der Waals surface area (Å²) >= 11 is 3.35. The third-order valence-corrected chi connectivity index (χ3v) is 2.33. The molecular weight excluding hydrogens is 256 g/mol. The van der Waals surface area contributed by atoms with Gasteiger partial charge in [0, 0.05) is 17.3 Å². The number of benzene rings is 1. The maximum absolute atomic E-state index is 10.8. The Hall–Kier alpha value is -1.09. The zero-order chi connectivity index (χ0) is 11.4. The molecule has 2 nitrogen and oxygen atoms in total. The Bertz CT molecular complexity index is 385. The topological polar surface area (TPSA) is 26.3 Å². The Morgan fingerprint density at radius 2 is 2.20 bits per heavy atom. The van der Waals surface area contributed by atoms with Gasteiger partial charge in [0.05, 0.1) is 0 Å². The maximum Gasteiger partial charge on any atom is 0.308 e. The summed E-state index contributed by atoms with van der Waals surface area (Å²) in [4.78, 5) is 10.8. The van der Waals surface area contributed by atoms with Crippen LogP contribution in [0.15, 0.2) is 35.3 Å². The molecule has 0 N–H and O–H groups in total. The van der Waals surface area contributed by atoms with E-state index in [1.54, 1.807) is 18.2 Å². The van der Waals surface area contributed by atoms with Crippen molar-refractivity contribution >= 4 is 21.9 Å². The molecule has 0 fully saturated rings. The van der Waals surface area contributed by atoms with Gasteiger partial charge in [-0.05, 0) is 30.7 Å². The van der Waals surface area contributed by atoms with Crippen LogP contribution < -0.4 is 4.74 Å². The molecule has 0 heterocycles. The third kappa shape index (κ3) is 3.51. The first-order valence-corrected chi connectivity index (χ1v) is 5.26. The summed E-state index contributed by atoms with van der Waals surface area (Å²) in [6.45, 7) is 8.95. The zero-order valence-electron chi connectivity index (χ0n) is 8.50. The smallest absolute Gasteiger partial charge is 0.308 e. The number of ether oxygens (including phenoxy) is 1. The van der Waals surface area contributed by atoms with E-state index in [-0.39, 0.29) is 11.9 Å². The monoisotopic (exact) mass is 267 g/mol. The lowest BCUT2D eigenvalue weighted by Gasteiger charge is -2.09. The SMILES string of the molecule is [CH2]C(C=C)c1cc(Br)cc(OC(C)=O)c1. The molecule has 0 aromatic heterocycles. The van der Waals surface area contributed by atoms with E-state index in [1.165, 1.54) is 6.92 Å². The fourth-order valence-electron chi connectivity index (χ4n) is 1.16. The summed E-state index contributed by atoms with van der Waals surface area (Å²) in [5, 5.41) is 0. The molecule has 0 aliphatic rings. The first-order chi connectivity index (χ1) is 7.02. The summed E-state index contributed by atoms with van der Waals surface area (Å²) in [6.07, 6.45) is 1.74. The molecule has 0 spiro atoms. The van der Waals surface area contributed by atoms with Crippen molar-refractivity contribution in [3.05, 3.63) is 47.8 Å². The standard InChI is InChI=1S/C12H12BrO2/c1-4-8(2)10-5-11(13)7-12(6-10)15-9(3)14/h4-8H,1-2H2,3H3. The van der Waals surface area contributed by atoms with Gasteiger partial charge in [-0.15, -0.1) is 6.58 Å². The molecule has 0 amide bonds. The summed E-state index contributed by atoms with van der Waals surface area (Å²) in [7, 11) is 0. The van der Waals surface area contributed by atoms with Gasteiger partial charge in [-0.25, -0.2) is 0 Å². The molecule has 3 heteroatoms. The Morgan fingerprint density at radius 1 is 1.53 bits per heavy atom. The Kier molecular flexibility index (Phi) is 4.09. The van der Waals surface area contributed by atoms with Crippen LogP contribution in [-0.4, -0.2) is 5.97 Å². The summed E-state index contributed by atoms with van der Waals surface area (Å²) in [6, 6.07) is 5.44. The summed E-state index contributed by atoms with van der Waals surface area (Å²) in [5.74, 6) is 0.164. The van der Waals surface area contributed by atoms with Crippen molar-refractivity contribution < 1.29 is 9.53 Å². The second-order valence-corrected chi connectivity index (χ2v) is 4.07. The molecular formula is C12H12BrO2. The molecule has 0 bridgehead atoms. The maximum atomic E-state index is 10.8. The predicted octanol–water partition coefficient (Wildman–Crippen LogP) is 3.48. The van der Waals surface area contributed by atoms with Crippen LogP contribution in [0.25, 0.3) is 0 Å². The summed E-state index contributed by atoms with van der Waals surface area (Å²) in [5.41, 5.74) is 0.954. The fraction of sp³-hybridized carbons (Fsp3) is 0.167. The van der Waals surface area contributed by atoms with Gasteiger partial charge < -0.3 is 4.74 Å². The van der Waals surface area contributed by atoms with Crippen molar-refractivity contribution in [2.75, 3.05) is 0 Å². The molecule has 0 saturated carbocycles. The minimum absolute atomic E-state index is 0.0168. The second kappa shape index (κ2) is 5.12. The van der Waals surface area contributed by atoms with E-state index >= 15 is 0 Å². The molecule has 1 aromatic carbocycles. The van der Waals surface area contributed by atoms with E-state index in [2.05, 4.69) is 29.4 Å². The first-order valence-electron chi connectivity index (χ1n) is 4.47. The Balaban J connectivity index is 3.04. The number of carbonyl (C=O) groups is 1. The minimum Gasteiger partial charge on any atom is -0.427 e. The van der Waals surface area contributed by atoms with Crippen molar-refractivity contribution in [2.45, 2.75) is 12.8 Å². The highest BCUT2D eigenvalue weighted by molar-refractivity contribution is 9.10. The lowest BCUT2D eigenvalue weighted by molar-refractivity contribution is -0.131. The normalized spacial score (nSPS) is 11.9. The molecule has 1 atom stereocenters. The van der Waals surface area contributed by atoms with Crippen LogP contribution in [0.5, 0.6) is 5.75 Å². The molecule has 0 saturated heterocycles. The molecule has 1 radical (unpaired) electrons. The molecule has 15 heavy (non-hydrogen) atoms. The number of hydrogen-bond acceptors (Lipinski definition) is 2. The molecule has 0 aliphatic carbocycles. The van der Waals surface area contributed by atoms with Gasteiger partial charge in [0.25, 0.3) is 0 Å². The molecule has 1 unspecified atom stereocenters. The van der Waals surface area contributed by atoms with Crippen LogP contribution in [0.3, 0.4) is 0 Å². The Morgan fingerprint density at radius 3 is 2.73 bits per heavy atom. The van der Waals surface area contributed by atoms with Crippen LogP contribution in [0.1, 0.15) is 18.4 Å². The second-order valence-electron chi connectivity index (χ2n) is 3.16. The Labute approximate surface area is 98.1 Å². The van der Waals surface area contributed by atoms with Gasteiger partial charge in [-0.3, -0.25) is 4.79 Å². The van der Waals surface area contributed by atoms with Crippen LogP contribution in [0.2, 0.25) is 0 Å². The van der Waals surface area contributed by atoms with Crippen LogP contribution in [0.4, 0.5) is 0 Å². The van der Waals surface area contributed by atoms with Gasteiger partial charge in [0.2, 0.25) is 0 Å². The number of rotatable bonds is 3. The molecule has 0 aliphatic heterocycles. The van der Waals surface area contributed by atoms with E-state index in [4.69, 9.17) is 4.74 Å². The summed E-state index contributed by atoms with van der Waals surface area (Å²) < 4.78 is 5.85. The van der Waals surface area contributed by atoms with Gasteiger partial charge in [0.15, 0.2) is 0 Å². The molecule has 79 valence electrons. The van der Waals surface area contributed by atoms with Crippen LogP contribution in [0, 0.1) is 6.92 Å². The zero-order valence-corrected chi connectivity index (χ0v) is 10.1. The lowest BCUT2D eigenvalue weighted by Crippen LogP contribution is -2.02.